The molecule has 0 aliphatic heterocycles. The number of aromatic nitrogens is 2. The summed E-state index contributed by atoms with van der Waals surface area (Å²) in [4.78, 5) is 17.8. The van der Waals surface area contributed by atoms with E-state index in [4.69, 9.17) is 9.72 Å². The first-order chi connectivity index (χ1) is 14.7. The molecule has 1 atom stereocenters. The second-order valence-electron chi connectivity index (χ2n) is 7.02. The van der Waals surface area contributed by atoms with Crippen LogP contribution in [-0.2, 0) is 18.4 Å². The number of aryl methyl sites for hydroxylation is 1. The number of hydrogen-bond donors (Lipinski definition) is 2. The summed E-state index contributed by atoms with van der Waals surface area (Å²) in [6.07, 6.45) is 0. The van der Waals surface area contributed by atoms with E-state index in [0.717, 1.165) is 22.4 Å². The summed E-state index contributed by atoms with van der Waals surface area (Å²) in [5.41, 5.74) is 3.57. The summed E-state index contributed by atoms with van der Waals surface area (Å²) in [7, 11) is 3.59. The van der Waals surface area contributed by atoms with Crippen molar-refractivity contribution in [1.29, 1.82) is 0 Å². The zero-order chi connectivity index (χ0) is 20.9. The van der Waals surface area contributed by atoms with Gasteiger partial charge in [0.25, 0.3) is 0 Å². The van der Waals surface area contributed by atoms with Gasteiger partial charge in [-0.3, -0.25) is 10.1 Å². The summed E-state index contributed by atoms with van der Waals surface area (Å²) in [6.45, 7) is 0.455. The fourth-order valence-corrected chi connectivity index (χ4v) is 3.47. The number of amides is 1. The van der Waals surface area contributed by atoms with Gasteiger partial charge in [0.05, 0.1) is 24.7 Å². The third kappa shape index (κ3) is 4.18. The van der Waals surface area contributed by atoms with Crippen molar-refractivity contribution in [3.05, 3.63) is 90.3 Å². The zero-order valence-electron chi connectivity index (χ0n) is 17.0. The predicted octanol–water partition coefficient (Wildman–Crippen LogP) is 4.05. The molecule has 6 heteroatoms. The number of rotatable bonds is 7. The number of ether oxygens (including phenoxy) is 1. The standard InChI is InChI=1S/C24H24N4O2/c1-28-21-14-7-6-13-20(21)27-22(28)16-25-23(17-9-4-3-5-10-17)24(29)26-18-11-8-12-19(15-18)30-2/h3-15,23,25H,16H2,1-2H3,(H,26,29)/t23-/m1/s1. The van der Waals surface area contributed by atoms with Crippen LogP contribution in [0.25, 0.3) is 11.0 Å². The number of carbonyl (C=O) groups excluding carboxylic acids is 1. The molecule has 0 fully saturated rings. The van der Waals surface area contributed by atoms with E-state index >= 15 is 0 Å². The van der Waals surface area contributed by atoms with E-state index in [1.165, 1.54) is 0 Å². The van der Waals surface area contributed by atoms with Crippen LogP contribution in [0.15, 0.2) is 78.9 Å². The molecule has 0 aliphatic rings. The average molecular weight is 400 g/mol. The lowest BCUT2D eigenvalue weighted by Crippen LogP contribution is -2.33. The lowest BCUT2D eigenvalue weighted by Gasteiger charge is -2.19. The molecule has 1 heterocycles. The van der Waals surface area contributed by atoms with E-state index in [9.17, 15) is 4.79 Å². The highest BCUT2D eigenvalue weighted by molar-refractivity contribution is 5.95. The van der Waals surface area contributed by atoms with Crippen LogP contribution in [0.2, 0.25) is 0 Å². The summed E-state index contributed by atoms with van der Waals surface area (Å²) in [5.74, 6) is 1.41. The minimum Gasteiger partial charge on any atom is -0.497 e. The number of carbonyl (C=O) groups is 1. The van der Waals surface area contributed by atoms with Crippen molar-refractivity contribution in [2.45, 2.75) is 12.6 Å². The smallest absolute Gasteiger partial charge is 0.246 e. The molecule has 30 heavy (non-hydrogen) atoms. The quantitative estimate of drug-likeness (QED) is 0.491. The Labute approximate surface area is 175 Å². The summed E-state index contributed by atoms with van der Waals surface area (Å²) >= 11 is 0. The summed E-state index contributed by atoms with van der Waals surface area (Å²) in [5, 5.41) is 6.36. The fraction of sp³-hybridized carbons (Fsp3) is 0.167. The number of para-hydroxylation sites is 2. The number of methoxy groups -OCH3 is 1. The number of nitrogens with one attached hydrogen (secondary N) is 2. The number of nitrogens with zero attached hydrogens (tertiary/aromatic N) is 2. The Kier molecular flexibility index (Phi) is 5.77. The van der Waals surface area contributed by atoms with E-state index in [0.29, 0.717) is 18.0 Å². The highest BCUT2D eigenvalue weighted by Gasteiger charge is 2.21. The van der Waals surface area contributed by atoms with Gasteiger partial charge in [0.15, 0.2) is 0 Å². The number of benzene rings is 3. The predicted molar refractivity (Wildman–Crippen MR) is 118 cm³/mol. The molecule has 3 aromatic carbocycles. The topological polar surface area (TPSA) is 68.2 Å². The molecular formula is C24H24N4O2. The Morgan fingerprint density at radius 3 is 2.57 bits per heavy atom. The molecule has 1 amide bonds. The zero-order valence-corrected chi connectivity index (χ0v) is 17.0. The molecule has 4 rings (SSSR count). The average Bonchev–Trinajstić information content (AvgIpc) is 3.10. The van der Waals surface area contributed by atoms with E-state index in [2.05, 4.69) is 10.6 Å². The van der Waals surface area contributed by atoms with Crippen LogP contribution >= 0.6 is 0 Å². The minimum atomic E-state index is -0.530. The number of anilines is 1. The first kappa shape index (κ1) is 19.7. The van der Waals surface area contributed by atoms with Gasteiger partial charge in [-0.25, -0.2) is 4.98 Å². The van der Waals surface area contributed by atoms with Crippen molar-refractivity contribution in [3.63, 3.8) is 0 Å². The SMILES string of the molecule is COc1cccc(NC(=O)[C@H](NCc2nc3ccccc3n2C)c2ccccc2)c1. The summed E-state index contributed by atoms with van der Waals surface area (Å²) < 4.78 is 7.30. The van der Waals surface area contributed by atoms with Crippen LogP contribution in [0.1, 0.15) is 17.4 Å². The van der Waals surface area contributed by atoms with E-state index in [1.54, 1.807) is 13.2 Å². The van der Waals surface area contributed by atoms with Gasteiger partial charge in [0.2, 0.25) is 5.91 Å². The van der Waals surface area contributed by atoms with E-state index < -0.39 is 6.04 Å². The van der Waals surface area contributed by atoms with Crippen molar-refractivity contribution >= 4 is 22.6 Å². The van der Waals surface area contributed by atoms with E-state index in [1.807, 2.05) is 84.4 Å². The summed E-state index contributed by atoms with van der Waals surface area (Å²) in [6, 6.07) is 24.5. The molecule has 0 aliphatic carbocycles. The van der Waals surface area contributed by atoms with Gasteiger partial charge in [-0.1, -0.05) is 48.5 Å². The van der Waals surface area contributed by atoms with Crippen LogP contribution in [-0.4, -0.2) is 22.6 Å². The lowest BCUT2D eigenvalue weighted by molar-refractivity contribution is -0.118. The highest BCUT2D eigenvalue weighted by Crippen LogP contribution is 2.21. The van der Waals surface area contributed by atoms with Crippen LogP contribution < -0.4 is 15.4 Å². The van der Waals surface area contributed by atoms with Crippen LogP contribution in [0.3, 0.4) is 0 Å². The van der Waals surface area contributed by atoms with Gasteiger partial charge in [-0.2, -0.15) is 0 Å². The maximum absolute atomic E-state index is 13.1. The largest absolute Gasteiger partial charge is 0.497 e. The van der Waals surface area contributed by atoms with Crippen LogP contribution in [0.5, 0.6) is 5.75 Å². The normalized spacial score (nSPS) is 11.9. The molecule has 0 unspecified atom stereocenters. The Balaban J connectivity index is 1.56. The minimum absolute atomic E-state index is 0.145. The lowest BCUT2D eigenvalue weighted by atomic mass is 10.1. The van der Waals surface area contributed by atoms with Crippen LogP contribution in [0.4, 0.5) is 5.69 Å². The number of fused-ring (bicyclic) bond motifs is 1. The van der Waals surface area contributed by atoms with Gasteiger partial charge in [0, 0.05) is 18.8 Å². The van der Waals surface area contributed by atoms with Gasteiger partial charge >= 0.3 is 0 Å². The van der Waals surface area contributed by atoms with Crippen molar-refractivity contribution < 1.29 is 9.53 Å². The molecule has 0 saturated heterocycles. The van der Waals surface area contributed by atoms with Crippen LogP contribution in [0, 0.1) is 0 Å². The first-order valence-corrected chi connectivity index (χ1v) is 9.79. The van der Waals surface area contributed by atoms with Gasteiger partial charge in [-0.15, -0.1) is 0 Å². The second-order valence-corrected chi connectivity index (χ2v) is 7.02. The monoisotopic (exact) mass is 400 g/mol. The molecular weight excluding hydrogens is 376 g/mol. The molecule has 0 spiro atoms. The van der Waals surface area contributed by atoms with Crippen molar-refractivity contribution in [1.82, 2.24) is 14.9 Å². The van der Waals surface area contributed by atoms with Gasteiger partial charge in [0.1, 0.15) is 17.6 Å². The molecule has 0 radical (unpaired) electrons. The maximum atomic E-state index is 13.1. The van der Waals surface area contributed by atoms with E-state index in [-0.39, 0.29) is 5.91 Å². The number of hydrogen-bond acceptors (Lipinski definition) is 4. The molecule has 4 aromatic rings. The van der Waals surface area contributed by atoms with Crippen molar-refractivity contribution in [2.24, 2.45) is 7.05 Å². The number of imidazole rings is 1. The van der Waals surface area contributed by atoms with Crippen molar-refractivity contribution in [2.75, 3.05) is 12.4 Å². The third-order valence-electron chi connectivity index (χ3n) is 5.08. The Morgan fingerprint density at radius 1 is 1.03 bits per heavy atom. The van der Waals surface area contributed by atoms with Gasteiger partial charge < -0.3 is 14.6 Å². The molecule has 0 bridgehead atoms. The first-order valence-electron chi connectivity index (χ1n) is 9.79. The third-order valence-corrected chi connectivity index (χ3v) is 5.08. The molecule has 2 N–H and O–H groups in total. The highest BCUT2D eigenvalue weighted by atomic mass is 16.5. The molecule has 152 valence electrons. The molecule has 6 nitrogen and oxygen atoms in total. The Hall–Kier alpha value is -3.64. The van der Waals surface area contributed by atoms with Crippen molar-refractivity contribution in [3.8, 4) is 5.75 Å². The molecule has 1 aromatic heterocycles. The fourth-order valence-electron chi connectivity index (χ4n) is 3.47. The Bertz CT molecular complexity index is 1150. The van der Waals surface area contributed by atoms with Gasteiger partial charge in [-0.05, 0) is 29.8 Å². The second kappa shape index (κ2) is 8.80. The maximum Gasteiger partial charge on any atom is 0.246 e. The Morgan fingerprint density at radius 2 is 1.80 bits per heavy atom. The molecule has 0 saturated carbocycles.